The third-order valence-corrected chi connectivity index (χ3v) is 3.15. The molecule has 2 aromatic rings. The zero-order chi connectivity index (χ0) is 14.7. The molecule has 4 N–H and O–H groups in total. The van der Waals surface area contributed by atoms with Crippen molar-refractivity contribution in [3.63, 3.8) is 0 Å². The van der Waals surface area contributed by atoms with Crippen molar-refractivity contribution >= 4 is 11.6 Å². The number of nitrogens with zero attached hydrogens (tertiary/aromatic N) is 2. The van der Waals surface area contributed by atoms with E-state index in [1.54, 1.807) is 6.07 Å². The maximum Gasteiger partial charge on any atom is 0.231 e. The van der Waals surface area contributed by atoms with Crippen LogP contribution in [-0.2, 0) is 13.0 Å². The summed E-state index contributed by atoms with van der Waals surface area (Å²) in [4.78, 5) is 8.66. The van der Waals surface area contributed by atoms with Gasteiger partial charge in [-0.15, -0.1) is 0 Å². The van der Waals surface area contributed by atoms with E-state index in [4.69, 9.17) is 15.3 Å². The molecule has 0 amide bonds. The average molecular weight is 287 g/mol. The van der Waals surface area contributed by atoms with E-state index in [-0.39, 0.29) is 6.79 Å². The summed E-state index contributed by atoms with van der Waals surface area (Å²) in [6, 6.07) is 7.62. The second-order valence-electron chi connectivity index (χ2n) is 4.59. The molecule has 0 atom stereocenters. The molecule has 7 heteroatoms. The van der Waals surface area contributed by atoms with Crippen molar-refractivity contribution in [1.82, 2.24) is 9.97 Å². The van der Waals surface area contributed by atoms with E-state index in [2.05, 4.69) is 20.7 Å². The zero-order valence-electron chi connectivity index (χ0n) is 11.7. The Bertz CT molecular complexity index is 625. The standard InChI is InChI=1S/C14H17N5O2/c1-2-12-17-13(6-14(18-12)19-15)16-7-9-3-4-10-11(5-9)21-8-20-10/h3-6H,2,7-8,15H2,1H3,(H2,16,17,18,19). The summed E-state index contributed by atoms with van der Waals surface area (Å²) < 4.78 is 10.7. The molecule has 0 unspecified atom stereocenters. The molecule has 110 valence electrons. The number of ether oxygens (including phenoxy) is 2. The van der Waals surface area contributed by atoms with Gasteiger partial charge in [0, 0.05) is 19.0 Å². The molecule has 1 aromatic heterocycles. The minimum Gasteiger partial charge on any atom is -0.454 e. The van der Waals surface area contributed by atoms with Gasteiger partial charge in [-0.1, -0.05) is 13.0 Å². The van der Waals surface area contributed by atoms with Gasteiger partial charge in [0.2, 0.25) is 6.79 Å². The molecule has 21 heavy (non-hydrogen) atoms. The lowest BCUT2D eigenvalue weighted by Crippen LogP contribution is -2.12. The SMILES string of the molecule is CCc1nc(NN)cc(NCc2ccc3c(c2)OCO3)n1. The van der Waals surface area contributed by atoms with Gasteiger partial charge in [-0.25, -0.2) is 15.8 Å². The monoisotopic (exact) mass is 287 g/mol. The van der Waals surface area contributed by atoms with E-state index >= 15 is 0 Å². The van der Waals surface area contributed by atoms with Crippen LogP contribution in [0, 0.1) is 0 Å². The fourth-order valence-corrected chi connectivity index (χ4v) is 2.06. The van der Waals surface area contributed by atoms with Gasteiger partial charge in [0.1, 0.15) is 17.5 Å². The molecule has 0 saturated carbocycles. The summed E-state index contributed by atoms with van der Waals surface area (Å²) in [5.74, 6) is 9.02. The van der Waals surface area contributed by atoms with Gasteiger partial charge in [-0.2, -0.15) is 0 Å². The van der Waals surface area contributed by atoms with Crippen LogP contribution in [0.2, 0.25) is 0 Å². The van der Waals surface area contributed by atoms with E-state index in [1.165, 1.54) is 0 Å². The Balaban J connectivity index is 1.72. The highest BCUT2D eigenvalue weighted by molar-refractivity contribution is 5.49. The first-order valence-electron chi connectivity index (χ1n) is 6.75. The smallest absolute Gasteiger partial charge is 0.231 e. The summed E-state index contributed by atoms with van der Waals surface area (Å²) in [5.41, 5.74) is 3.63. The highest BCUT2D eigenvalue weighted by Crippen LogP contribution is 2.32. The van der Waals surface area contributed by atoms with E-state index < -0.39 is 0 Å². The maximum atomic E-state index is 5.41. The van der Waals surface area contributed by atoms with Crippen LogP contribution >= 0.6 is 0 Å². The number of hydrogen-bond donors (Lipinski definition) is 3. The van der Waals surface area contributed by atoms with Gasteiger partial charge >= 0.3 is 0 Å². The summed E-state index contributed by atoms with van der Waals surface area (Å²) >= 11 is 0. The molecule has 0 saturated heterocycles. The highest BCUT2D eigenvalue weighted by atomic mass is 16.7. The third kappa shape index (κ3) is 2.97. The van der Waals surface area contributed by atoms with Crippen LogP contribution in [0.25, 0.3) is 0 Å². The molecule has 0 aliphatic carbocycles. The van der Waals surface area contributed by atoms with Gasteiger partial charge in [0.05, 0.1) is 0 Å². The lowest BCUT2D eigenvalue weighted by molar-refractivity contribution is 0.174. The topological polar surface area (TPSA) is 94.3 Å². The summed E-state index contributed by atoms with van der Waals surface area (Å²) in [7, 11) is 0. The van der Waals surface area contributed by atoms with Crippen molar-refractivity contribution in [2.75, 3.05) is 17.5 Å². The molecule has 2 heterocycles. The van der Waals surface area contributed by atoms with E-state index in [1.807, 2.05) is 25.1 Å². The van der Waals surface area contributed by atoms with Crippen LogP contribution in [0.3, 0.4) is 0 Å². The highest BCUT2D eigenvalue weighted by Gasteiger charge is 2.13. The Hall–Kier alpha value is -2.54. The van der Waals surface area contributed by atoms with Crippen LogP contribution in [0.5, 0.6) is 11.5 Å². The summed E-state index contributed by atoms with van der Waals surface area (Å²) in [5, 5.41) is 3.26. The first-order valence-corrected chi connectivity index (χ1v) is 6.75. The summed E-state index contributed by atoms with van der Waals surface area (Å²) in [6.45, 7) is 2.90. The number of nitrogen functional groups attached to an aromatic ring is 1. The molecule has 0 fully saturated rings. The predicted octanol–water partition coefficient (Wildman–Crippen LogP) is 1.67. The lowest BCUT2D eigenvalue weighted by atomic mass is 10.2. The number of anilines is 2. The Morgan fingerprint density at radius 2 is 1.95 bits per heavy atom. The van der Waals surface area contributed by atoms with Crippen LogP contribution < -0.4 is 26.1 Å². The Kier molecular flexibility index (Phi) is 3.74. The number of aryl methyl sites for hydroxylation is 1. The van der Waals surface area contributed by atoms with Crippen molar-refractivity contribution in [3.8, 4) is 11.5 Å². The number of hydrogen-bond acceptors (Lipinski definition) is 7. The number of benzene rings is 1. The van der Waals surface area contributed by atoms with Crippen molar-refractivity contribution in [2.24, 2.45) is 5.84 Å². The van der Waals surface area contributed by atoms with Gasteiger partial charge in [-0.05, 0) is 17.7 Å². The number of fused-ring (bicyclic) bond motifs is 1. The van der Waals surface area contributed by atoms with Crippen molar-refractivity contribution in [2.45, 2.75) is 19.9 Å². The number of rotatable bonds is 5. The maximum absolute atomic E-state index is 5.41. The normalized spacial score (nSPS) is 12.3. The number of nitrogens with two attached hydrogens (primary N) is 1. The van der Waals surface area contributed by atoms with E-state index in [9.17, 15) is 0 Å². The van der Waals surface area contributed by atoms with Crippen molar-refractivity contribution in [1.29, 1.82) is 0 Å². The van der Waals surface area contributed by atoms with Gasteiger partial charge in [0.25, 0.3) is 0 Å². The van der Waals surface area contributed by atoms with Crippen LogP contribution in [0.1, 0.15) is 18.3 Å². The molecular formula is C14H17N5O2. The second kappa shape index (κ2) is 5.84. The minimum absolute atomic E-state index is 0.281. The van der Waals surface area contributed by atoms with Crippen LogP contribution in [-0.4, -0.2) is 16.8 Å². The van der Waals surface area contributed by atoms with Crippen molar-refractivity contribution in [3.05, 3.63) is 35.7 Å². The van der Waals surface area contributed by atoms with Crippen molar-refractivity contribution < 1.29 is 9.47 Å². The molecular weight excluding hydrogens is 270 g/mol. The molecule has 1 aliphatic rings. The lowest BCUT2D eigenvalue weighted by Gasteiger charge is -2.09. The molecule has 3 rings (SSSR count). The molecule has 1 aliphatic heterocycles. The largest absolute Gasteiger partial charge is 0.454 e. The zero-order valence-corrected chi connectivity index (χ0v) is 11.7. The van der Waals surface area contributed by atoms with Gasteiger partial charge in [0.15, 0.2) is 11.5 Å². The predicted molar refractivity (Wildman–Crippen MR) is 79.1 cm³/mol. The first-order chi connectivity index (χ1) is 10.3. The molecule has 1 aromatic carbocycles. The minimum atomic E-state index is 0.281. The Morgan fingerprint density at radius 1 is 1.14 bits per heavy atom. The second-order valence-corrected chi connectivity index (χ2v) is 4.59. The number of hydrazine groups is 1. The Morgan fingerprint density at radius 3 is 2.76 bits per heavy atom. The number of nitrogens with one attached hydrogen (secondary N) is 2. The molecule has 0 bridgehead atoms. The molecule has 0 radical (unpaired) electrons. The Labute approximate surface area is 122 Å². The first kappa shape index (κ1) is 13.4. The van der Waals surface area contributed by atoms with E-state index in [0.717, 1.165) is 35.1 Å². The molecule has 7 nitrogen and oxygen atoms in total. The number of aromatic nitrogens is 2. The summed E-state index contributed by atoms with van der Waals surface area (Å²) in [6.07, 6.45) is 0.744. The quantitative estimate of drug-likeness (QED) is 0.568. The third-order valence-electron chi connectivity index (χ3n) is 3.15. The van der Waals surface area contributed by atoms with E-state index in [0.29, 0.717) is 12.4 Å². The van der Waals surface area contributed by atoms with Crippen LogP contribution in [0.4, 0.5) is 11.6 Å². The van der Waals surface area contributed by atoms with Gasteiger partial charge in [-0.3, -0.25) is 0 Å². The fourth-order valence-electron chi connectivity index (χ4n) is 2.06. The molecule has 0 spiro atoms. The van der Waals surface area contributed by atoms with Crippen LogP contribution in [0.15, 0.2) is 24.3 Å². The fraction of sp³-hybridized carbons (Fsp3) is 0.286. The average Bonchev–Trinajstić information content (AvgIpc) is 3.00. The van der Waals surface area contributed by atoms with Gasteiger partial charge < -0.3 is 20.2 Å².